The lowest BCUT2D eigenvalue weighted by Crippen LogP contribution is -2.16. The molecule has 186 valence electrons. The van der Waals surface area contributed by atoms with Gasteiger partial charge in [0.15, 0.2) is 0 Å². The van der Waals surface area contributed by atoms with Gasteiger partial charge in [0.1, 0.15) is 11.5 Å². The molecule has 3 nitrogen and oxygen atoms in total. The van der Waals surface area contributed by atoms with Crippen LogP contribution >= 0.6 is 0 Å². The van der Waals surface area contributed by atoms with Crippen LogP contribution in [0.1, 0.15) is 48.8 Å². The van der Waals surface area contributed by atoms with E-state index in [-0.39, 0.29) is 0 Å². The molecule has 0 aliphatic carbocycles. The first-order valence-electron chi connectivity index (χ1n) is 13.1. The minimum absolute atomic E-state index is 0.456. The van der Waals surface area contributed by atoms with Gasteiger partial charge in [0.2, 0.25) is 0 Å². The number of hydrogen-bond acceptors (Lipinski definition) is 3. The zero-order valence-electron chi connectivity index (χ0n) is 21.3. The first-order chi connectivity index (χ1) is 17.2. The fourth-order valence-electron chi connectivity index (χ4n) is 5.21. The normalized spacial score (nSPS) is 16.5. The molecule has 3 atom stereocenters. The predicted octanol–water partition coefficient (Wildman–Crippen LogP) is 7.31. The largest absolute Gasteiger partial charge is 0.497 e. The van der Waals surface area contributed by atoms with E-state index < -0.39 is 0 Å². The molecule has 1 aliphatic rings. The van der Waals surface area contributed by atoms with Crippen molar-refractivity contribution in [2.75, 3.05) is 20.8 Å². The Kier molecular flexibility index (Phi) is 9.65. The number of unbranched alkanes of at least 4 members (excludes halogenated alkanes) is 1. The van der Waals surface area contributed by atoms with E-state index >= 15 is 0 Å². The van der Waals surface area contributed by atoms with Crippen molar-refractivity contribution < 1.29 is 14.2 Å². The van der Waals surface area contributed by atoms with Crippen molar-refractivity contribution >= 4 is 0 Å². The maximum Gasteiger partial charge on any atom is 0.118 e. The van der Waals surface area contributed by atoms with Crippen LogP contribution in [0.15, 0.2) is 78.9 Å². The van der Waals surface area contributed by atoms with Gasteiger partial charge < -0.3 is 14.2 Å². The number of rotatable bonds is 15. The summed E-state index contributed by atoms with van der Waals surface area (Å²) < 4.78 is 16.4. The van der Waals surface area contributed by atoms with Crippen LogP contribution in [0, 0.1) is 11.8 Å². The van der Waals surface area contributed by atoms with E-state index in [0.717, 1.165) is 37.4 Å². The molecule has 0 N–H and O–H groups in total. The SMILES string of the molecule is COc1ccc(C[C@@H](CCCCc2ccccc2)C[C@@H](Cc2ccc(OC)cc2)C[C@H]2CO2)cc1. The molecular weight excluding hydrogens is 432 g/mol. The Labute approximate surface area is 211 Å². The number of aryl methyl sites for hydroxylation is 1. The van der Waals surface area contributed by atoms with E-state index in [2.05, 4.69) is 78.9 Å². The molecule has 1 saturated heterocycles. The van der Waals surface area contributed by atoms with Crippen molar-refractivity contribution in [1.29, 1.82) is 0 Å². The first kappa shape index (κ1) is 25.3. The zero-order chi connectivity index (χ0) is 24.3. The molecule has 35 heavy (non-hydrogen) atoms. The lowest BCUT2D eigenvalue weighted by atomic mass is 9.81. The van der Waals surface area contributed by atoms with E-state index in [1.165, 1.54) is 48.8 Å². The Balaban J connectivity index is 1.39. The smallest absolute Gasteiger partial charge is 0.118 e. The fraction of sp³-hybridized carbons (Fsp3) is 0.438. The molecule has 3 heteroatoms. The summed E-state index contributed by atoms with van der Waals surface area (Å²) in [6.07, 6.45) is 10.0. The van der Waals surface area contributed by atoms with Crippen molar-refractivity contribution in [3.05, 3.63) is 95.6 Å². The van der Waals surface area contributed by atoms with E-state index in [1.807, 2.05) is 0 Å². The van der Waals surface area contributed by atoms with Crippen molar-refractivity contribution in [2.45, 2.75) is 57.5 Å². The third-order valence-corrected chi connectivity index (χ3v) is 7.20. The molecule has 3 aromatic rings. The predicted molar refractivity (Wildman–Crippen MR) is 143 cm³/mol. The highest BCUT2D eigenvalue weighted by molar-refractivity contribution is 5.28. The maximum atomic E-state index is 5.65. The second kappa shape index (κ2) is 13.3. The van der Waals surface area contributed by atoms with Gasteiger partial charge >= 0.3 is 0 Å². The average molecular weight is 473 g/mol. The lowest BCUT2D eigenvalue weighted by Gasteiger charge is -2.24. The Bertz CT molecular complexity index is 978. The molecule has 0 saturated carbocycles. The standard InChI is InChI=1S/C32H40O3/c1-33-30-16-12-26(13-17-30)20-28(11-7-6-10-25-8-4-3-5-9-25)22-29(23-32-24-35-32)21-27-14-18-31(34-2)19-15-27/h3-5,8-9,12-19,28-29,32H,6-7,10-11,20-24H2,1-2H3/t28-,29-,32+/m1/s1. The number of ether oxygens (including phenoxy) is 3. The van der Waals surface area contributed by atoms with Crippen molar-refractivity contribution in [3.63, 3.8) is 0 Å². The molecule has 3 aromatic carbocycles. The number of methoxy groups -OCH3 is 2. The highest BCUT2D eigenvalue weighted by Gasteiger charge is 2.28. The summed E-state index contributed by atoms with van der Waals surface area (Å²) in [5.74, 6) is 3.15. The van der Waals surface area contributed by atoms with Crippen LogP contribution in [0.4, 0.5) is 0 Å². The Morgan fingerprint density at radius 2 is 1.29 bits per heavy atom. The van der Waals surface area contributed by atoms with Crippen LogP contribution in [-0.2, 0) is 24.0 Å². The van der Waals surface area contributed by atoms with Crippen LogP contribution in [0.3, 0.4) is 0 Å². The van der Waals surface area contributed by atoms with Crippen molar-refractivity contribution in [1.82, 2.24) is 0 Å². The van der Waals surface area contributed by atoms with E-state index in [9.17, 15) is 0 Å². The second-order valence-electron chi connectivity index (χ2n) is 9.99. The maximum absolute atomic E-state index is 5.65. The van der Waals surface area contributed by atoms with Crippen LogP contribution < -0.4 is 9.47 Å². The number of epoxide rings is 1. The third kappa shape index (κ3) is 8.74. The highest BCUT2D eigenvalue weighted by atomic mass is 16.6. The molecule has 1 fully saturated rings. The van der Waals surface area contributed by atoms with Crippen molar-refractivity contribution in [2.24, 2.45) is 11.8 Å². The summed E-state index contributed by atoms with van der Waals surface area (Å²) in [6, 6.07) is 28.1. The third-order valence-electron chi connectivity index (χ3n) is 7.20. The minimum Gasteiger partial charge on any atom is -0.497 e. The highest BCUT2D eigenvalue weighted by Crippen LogP contribution is 2.32. The van der Waals surface area contributed by atoms with Crippen molar-refractivity contribution in [3.8, 4) is 11.5 Å². The van der Waals surface area contributed by atoms with E-state index in [4.69, 9.17) is 14.2 Å². The molecule has 0 aromatic heterocycles. The molecule has 0 amide bonds. The summed E-state index contributed by atoms with van der Waals surface area (Å²) in [7, 11) is 3.46. The summed E-state index contributed by atoms with van der Waals surface area (Å²) in [4.78, 5) is 0. The Morgan fingerprint density at radius 3 is 1.83 bits per heavy atom. The minimum atomic E-state index is 0.456. The van der Waals surface area contributed by atoms with Gasteiger partial charge in [-0.1, -0.05) is 67.4 Å². The molecule has 0 radical (unpaired) electrons. The fourth-order valence-corrected chi connectivity index (χ4v) is 5.21. The average Bonchev–Trinajstić information content (AvgIpc) is 3.72. The van der Waals surface area contributed by atoms with Gasteiger partial charge in [0.25, 0.3) is 0 Å². The molecule has 1 heterocycles. The molecule has 1 aliphatic heterocycles. The van der Waals surface area contributed by atoms with Crippen LogP contribution in [0.25, 0.3) is 0 Å². The van der Waals surface area contributed by atoms with Gasteiger partial charge in [-0.2, -0.15) is 0 Å². The van der Waals surface area contributed by atoms with Gasteiger partial charge in [-0.05, 0) is 91.3 Å². The van der Waals surface area contributed by atoms with Gasteiger partial charge in [0, 0.05) is 0 Å². The van der Waals surface area contributed by atoms with Gasteiger partial charge in [0.05, 0.1) is 26.9 Å². The van der Waals surface area contributed by atoms with Crippen LogP contribution in [0.2, 0.25) is 0 Å². The topological polar surface area (TPSA) is 31.0 Å². The quantitative estimate of drug-likeness (QED) is 0.172. The second-order valence-corrected chi connectivity index (χ2v) is 9.99. The monoisotopic (exact) mass is 472 g/mol. The van der Waals surface area contributed by atoms with E-state index in [0.29, 0.717) is 17.9 Å². The number of benzene rings is 3. The van der Waals surface area contributed by atoms with Gasteiger partial charge in [-0.25, -0.2) is 0 Å². The molecule has 0 unspecified atom stereocenters. The van der Waals surface area contributed by atoms with E-state index in [1.54, 1.807) is 14.2 Å². The molecule has 4 rings (SSSR count). The summed E-state index contributed by atoms with van der Waals surface area (Å²) in [5, 5.41) is 0. The Hall–Kier alpha value is -2.78. The van der Waals surface area contributed by atoms with Gasteiger partial charge in [-0.15, -0.1) is 0 Å². The summed E-state index contributed by atoms with van der Waals surface area (Å²) >= 11 is 0. The molecule has 0 bridgehead atoms. The first-order valence-corrected chi connectivity index (χ1v) is 13.1. The zero-order valence-corrected chi connectivity index (χ0v) is 21.3. The number of hydrogen-bond donors (Lipinski definition) is 0. The lowest BCUT2D eigenvalue weighted by molar-refractivity contribution is 0.291. The van der Waals surface area contributed by atoms with Crippen LogP contribution in [-0.4, -0.2) is 26.9 Å². The summed E-state index contributed by atoms with van der Waals surface area (Å²) in [6.45, 7) is 0.930. The molecular formula is C32H40O3. The summed E-state index contributed by atoms with van der Waals surface area (Å²) in [5.41, 5.74) is 4.25. The van der Waals surface area contributed by atoms with Crippen LogP contribution in [0.5, 0.6) is 11.5 Å². The Morgan fingerprint density at radius 1 is 0.714 bits per heavy atom. The molecule has 0 spiro atoms. The van der Waals surface area contributed by atoms with Gasteiger partial charge in [-0.3, -0.25) is 0 Å².